The number of rotatable bonds is 6. The zero-order valence-electron chi connectivity index (χ0n) is 12.0. The molecule has 0 aliphatic heterocycles. The average Bonchev–Trinajstić information content (AvgIpc) is 3.02. The first kappa shape index (κ1) is 17.9. The normalized spacial score (nSPS) is 10.9. The van der Waals surface area contributed by atoms with E-state index in [-0.39, 0.29) is 11.9 Å². The van der Waals surface area contributed by atoms with Crippen molar-refractivity contribution in [3.63, 3.8) is 0 Å². The fourth-order valence-electron chi connectivity index (χ4n) is 2.07. The van der Waals surface area contributed by atoms with Crippen molar-refractivity contribution < 1.29 is 19.1 Å². The van der Waals surface area contributed by atoms with E-state index in [2.05, 4.69) is 31.9 Å². The van der Waals surface area contributed by atoms with E-state index < -0.39 is 0 Å². The van der Waals surface area contributed by atoms with E-state index in [1.807, 2.05) is 0 Å². The van der Waals surface area contributed by atoms with E-state index >= 15 is 0 Å². The number of carbonyl (C=O) groups excluding carboxylic acids is 2. The molecule has 2 aromatic heterocycles. The van der Waals surface area contributed by atoms with Crippen LogP contribution in [0.3, 0.4) is 0 Å². The van der Waals surface area contributed by atoms with E-state index in [0.29, 0.717) is 33.6 Å². The minimum atomic E-state index is -0.316. The maximum Gasteiger partial charge on any atom is 0.348 e. The van der Waals surface area contributed by atoms with E-state index in [1.54, 1.807) is 13.8 Å². The van der Waals surface area contributed by atoms with Gasteiger partial charge in [-0.05, 0) is 25.0 Å². The molecule has 2 rings (SSSR count). The second-order valence-electron chi connectivity index (χ2n) is 4.19. The molecule has 0 bridgehead atoms. The van der Waals surface area contributed by atoms with Crippen molar-refractivity contribution in [2.75, 3.05) is 13.2 Å². The summed E-state index contributed by atoms with van der Waals surface area (Å²) in [5.74, 6) is -0.632. The molecule has 2 aromatic rings. The molecule has 0 aromatic carbocycles. The van der Waals surface area contributed by atoms with Crippen LogP contribution >= 0.6 is 54.5 Å². The number of fused-ring (bicyclic) bond motifs is 1. The molecule has 22 heavy (non-hydrogen) atoms. The van der Waals surface area contributed by atoms with E-state index in [0.717, 1.165) is 20.5 Å². The van der Waals surface area contributed by atoms with Gasteiger partial charge in [-0.25, -0.2) is 9.59 Å². The maximum absolute atomic E-state index is 12.1. The van der Waals surface area contributed by atoms with Crippen molar-refractivity contribution >= 4 is 75.9 Å². The molecular weight excluding hydrogens is 456 g/mol. The van der Waals surface area contributed by atoms with Crippen LogP contribution in [0.2, 0.25) is 0 Å². The fraction of sp³-hybridized carbons (Fsp3) is 0.429. The summed E-state index contributed by atoms with van der Waals surface area (Å²) in [7, 11) is 0. The number of halogens is 2. The predicted octanol–water partition coefficient (Wildman–Crippen LogP) is 5.11. The third kappa shape index (κ3) is 3.25. The summed E-state index contributed by atoms with van der Waals surface area (Å²) in [5, 5.41) is 2.01. The number of hydrogen-bond acceptors (Lipinski definition) is 6. The summed E-state index contributed by atoms with van der Waals surface area (Å²) in [6.07, 6.45) is 0. The Labute approximate surface area is 153 Å². The molecule has 0 saturated carbocycles. The van der Waals surface area contributed by atoms with Gasteiger partial charge in [0.1, 0.15) is 9.75 Å². The molecule has 0 fully saturated rings. The standard InChI is InChI=1S/C14H14Br2O4S2/c1-3-19-12(17)10-7(5-15)9-8(6-16)11(13(18)20-4-2)22-14(9)21-10/h3-6H2,1-2H3. The number of alkyl halides is 2. The van der Waals surface area contributed by atoms with Crippen LogP contribution in [0.15, 0.2) is 0 Å². The van der Waals surface area contributed by atoms with Gasteiger partial charge >= 0.3 is 11.9 Å². The Balaban J connectivity index is 2.60. The molecule has 120 valence electrons. The summed E-state index contributed by atoms with van der Waals surface area (Å²) >= 11 is 9.62. The first-order chi connectivity index (χ1) is 10.6. The van der Waals surface area contributed by atoms with Crippen LogP contribution in [-0.2, 0) is 20.1 Å². The van der Waals surface area contributed by atoms with Crippen LogP contribution in [0.5, 0.6) is 0 Å². The van der Waals surface area contributed by atoms with E-state index in [1.165, 1.54) is 22.7 Å². The summed E-state index contributed by atoms with van der Waals surface area (Å²) < 4.78 is 11.2. The van der Waals surface area contributed by atoms with Gasteiger partial charge in [0.05, 0.1) is 17.2 Å². The number of carbonyl (C=O) groups is 2. The molecular formula is C14H14Br2O4S2. The van der Waals surface area contributed by atoms with Crippen LogP contribution in [0.25, 0.3) is 9.40 Å². The largest absolute Gasteiger partial charge is 0.462 e. The third-order valence-corrected chi connectivity index (χ3v) is 6.57. The zero-order valence-corrected chi connectivity index (χ0v) is 16.8. The summed E-state index contributed by atoms with van der Waals surface area (Å²) in [5.41, 5.74) is 1.75. The highest BCUT2D eigenvalue weighted by atomic mass is 79.9. The Morgan fingerprint density at radius 3 is 1.64 bits per heavy atom. The van der Waals surface area contributed by atoms with Gasteiger partial charge in [0.2, 0.25) is 0 Å². The van der Waals surface area contributed by atoms with E-state index in [4.69, 9.17) is 9.47 Å². The van der Waals surface area contributed by atoms with Crippen LogP contribution in [0, 0.1) is 0 Å². The van der Waals surface area contributed by atoms with Crippen molar-refractivity contribution in [3.05, 3.63) is 20.9 Å². The molecule has 0 N–H and O–H groups in total. The van der Waals surface area contributed by atoms with Gasteiger partial charge in [-0.1, -0.05) is 31.9 Å². The smallest absolute Gasteiger partial charge is 0.348 e. The van der Waals surface area contributed by atoms with Gasteiger partial charge < -0.3 is 9.47 Å². The van der Waals surface area contributed by atoms with Crippen LogP contribution in [0.4, 0.5) is 0 Å². The molecule has 0 atom stereocenters. The SMILES string of the molecule is CCOC(=O)c1sc2sc(C(=O)OCC)c(CBr)c2c1CBr. The van der Waals surface area contributed by atoms with Crippen LogP contribution in [-0.4, -0.2) is 25.2 Å². The minimum Gasteiger partial charge on any atom is -0.462 e. The average molecular weight is 470 g/mol. The second kappa shape index (κ2) is 7.90. The Morgan fingerprint density at radius 2 is 1.32 bits per heavy atom. The molecule has 0 aliphatic rings. The molecule has 0 saturated heterocycles. The number of thiophene rings is 2. The highest BCUT2D eigenvalue weighted by molar-refractivity contribution is 9.08. The molecule has 4 nitrogen and oxygen atoms in total. The van der Waals surface area contributed by atoms with Gasteiger partial charge in [-0.3, -0.25) is 0 Å². The number of hydrogen-bond donors (Lipinski definition) is 0. The van der Waals surface area contributed by atoms with Gasteiger partial charge in [0.15, 0.2) is 0 Å². The van der Waals surface area contributed by atoms with Gasteiger partial charge in [-0.2, -0.15) is 0 Å². The lowest BCUT2D eigenvalue weighted by molar-refractivity contribution is 0.0522. The fourth-order valence-corrected chi connectivity index (χ4v) is 6.17. The molecule has 0 amide bonds. The van der Waals surface area contributed by atoms with Gasteiger partial charge in [-0.15, -0.1) is 22.7 Å². The molecule has 0 radical (unpaired) electrons. The summed E-state index contributed by atoms with van der Waals surface area (Å²) in [6, 6.07) is 0. The van der Waals surface area contributed by atoms with Crippen molar-refractivity contribution in [3.8, 4) is 0 Å². The van der Waals surface area contributed by atoms with Gasteiger partial charge in [0.25, 0.3) is 0 Å². The Bertz CT molecular complexity index is 650. The molecule has 0 aliphatic carbocycles. The molecule has 8 heteroatoms. The Kier molecular flexibility index (Phi) is 6.43. The monoisotopic (exact) mass is 468 g/mol. The molecule has 0 unspecified atom stereocenters. The first-order valence-corrected chi connectivity index (χ1v) is 10.5. The topological polar surface area (TPSA) is 52.6 Å². The highest BCUT2D eigenvalue weighted by Gasteiger charge is 2.27. The molecule has 0 spiro atoms. The van der Waals surface area contributed by atoms with Gasteiger partial charge in [0, 0.05) is 16.0 Å². The lowest BCUT2D eigenvalue weighted by atomic mass is 10.1. The highest BCUT2D eigenvalue weighted by Crippen LogP contribution is 2.43. The lowest BCUT2D eigenvalue weighted by Gasteiger charge is -2.04. The minimum absolute atomic E-state index is 0.316. The lowest BCUT2D eigenvalue weighted by Crippen LogP contribution is -2.06. The van der Waals surface area contributed by atoms with Crippen LogP contribution < -0.4 is 0 Å². The Hall–Kier alpha value is -0.440. The van der Waals surface area contributed by atoms with Crippen molar-refractivity contribution in [2.45, 2.75) is 24.5 Å². The number of ether oxygens (including phenoxy) is 2. The maximum atomic E-state index is 12.1. The second-order valence-corrected chi connectivity index (χ2v) is 7.61. The summed E-state index contributed by atoms with van der Waals surface area (Å²) in [6.45, 7) is 4.24. The Morgan fingerprint density at radius 1 is 0.909 bits per heavy atom. The predicted molar refractivity (Wildman–Crippen MR) is 96.9 cm³/mol. The van der Waals surface area contributed by atoms with Crippen LogP contribution in [0.1, 0.15) is 44.3 Å². The van der Waals surface area contributed by atoms with Crippen molar-refractivity contribution in [1.82, 2.24) is 0 Å². The van der Waals surface area contributed by atoms with Crippen molar-refractivity contribution in [2.24, 2.45) is 0 Å². The molecule has 2 heterocycles. The van der Waals surface area contributed by atoms with Crippen molar-refractivity contribution in [1.29, 1.82) is 0 Å². The number of esters is 2. The zero-order chi connectivity index (χ0) is 16.3. The third-order valence-electron chi connectivity index (χ3n) is 2.93. The quantitative estimate of drug-likeness (QED) is 0.435. The first-order valence-electron chi connectivity index (χ1n) is 6.62. The summed E-state index contributed by atoms with van der Waals surface area (Å²) in [4.78, 5) is 25.4. The van der Waals surface area contributed by atoms with E-state index in [9.17, 15) is 9.59 Å².